The molecular weight excluding hydrogens is 356 g/mol. The summed E-state index contributed by atoms with van der Waals surface area (Å²) in [6, 6.07) is 1.74. The predicted octanol–water partition coefficient (Wildman–Crippen LogP) is 5.11. The van der Waals surface area contributed by atoms with Gasteiger partial charge in [-0.3, -0.25) is 0 Å². The molecule has 7 heteroatoms. The summed E-state index contributed by atoms with van der Waals surface area (Å²) < 4.78 is 34.3. The third kappa shape index (κ3) is 3.68. The summed E-state index contributed by atoms with van der Waals surface area (Å²) in [5.74, 6) is 0.745. The fraction of sp³-hybridized carbons (Fsp3) is 0.462. The Morgan fingerprint density at radius 2 is 2.20 bits per heavy atom. The maximum absolute atomic E-state index is 11.8. The Labute approximate surface area is 128 Å². The van der Waals surface area contributed by atoms with Gasteiger partial charge >= 0.3 is 6.61 Å². The molecule has 0 saturated heterocycles. The van der Waals surface area contributed by atoms with Crippen molar-refractivity contribution in [3.8, 4) is 0 Å². The molecule has 2 aromatic rings. The van der Waals surface area contributed by atoms with Crippen molar-refractivity contribution in [3.63, 3.8) is 0 Å². The van der Waals surface area contributed by atoms with E-state index in [9.17, 15) is 8.78 Å². The molecule has 0 aliphatic carbocycles. The van der Waals surface area contributed by atoms with Gasteiger partial charge < -0.3 is 9.15 Å². The molecule has 0 amide bonds. The molecule has 20 heavy (non-hydrogen) atoms. The molecule has 0 saturated carbocycles. The number of halogens is 4. The summed E-state index contributed by atoms with van der Waals surface area (Å²) >= 11 is 9.37. The fourth-order valence-corrected chi connectivity index (χ4v) is 2.72. The first-order valence-electron chi connectivity index (χ1n) is 6.13. The highest BCUT2D eigenvalue weighted by Crippen LogP contribution is 2.33. The lowest BCUT2D eigenvalue weighted by Crippen LogP contribution is -2.01. The van der Waals surface area contributed by atoms with Crippen LogP contribution in [0.2, 0.25) is 5.15 Å². The molecule has 2 rings (SSSR count). The van der Waals surface area contributed by atoms with E-state index >= 15 is 0 Å². The molecule has 0 fully saturated rings. The van der Waals surface area contributed by atoms with Crippen molar-refractivity contribution in [1.29, 1.82) is 0 Å². The zero-order valence-corrected chi connectivity index (χ0v) is 13.1. The van der Waals surface area contributed by atoms with Crippen molar-refractivity contribution < 1.29 is 17.9 Å². The topological polar surface area (TPSA) is 35.3 Å². The molecule has 0 atom stereocenters. The number of hydrogen-bond acceptors (Lipinski definition) is 3. The summed E-state index contributed by atoms with van der Waals surface area (Å²) in [5, 5.41) is 0.411. The van der Waals surface area contributed by atoms with E-state index in [-0.39, 0.29) is 6.61 Å². The van der Waals surface area contributed by atoms with Crippen LogP contribution < -0.4 is 0 Å². The van der Waals surface area contributed by atoms with Gasteiger partial charge in [-0.1, -0.05) is 11.6 Å². The minimum Gasteiger partial charge on any atom is -0.458 e. The molecule has 3 nitrogen and oxygen atoms in total. The molecular formula is C13H13BrClF2NO2. The summed E-state index contributed by atoms with van der Waals surface area (Å²) in [7, 11) is 0. The fourth-order valence-electron chi connectivity index (χ4n) is 1.92. The highest BCUT2D eigenvalue weighted by molar-refractivity contribution is 9.10. The van der Waals surface area contributed by atoms with E-state index in [1.54, 1.807) is 6.07 Å². The number of alkyl halides is 2. The number of rotatable bonds is 6. The molecule has 2 heterocycles. The van der Waals surface area contributed by atoms with Gasteiger partial charge in [0.2, 0.25) is 0 Å². The molecule has 110 valence electrons. The Morgan fingerprint density at radius 3 is 2.90 bits per heavy atom. The maximum atomic E-state index is 11.8. The monoisotopic (exact) mass is 367 g/mol. The van der Waals surface area contributed by atoms with Crippen LogP contribution in [0.15, 0.2) is 15.0 Å². The number of unbranched alkanes of at least 4 members (excludes halogenated alkanes) is 1. The van der Waals surface area contributed by atoms with Gasteiger partial charge in [-0.15, -0.1) is 0 Å². The zero-order valence-electron chi connectivity index (χ0n) is 10.8. The third-order valence-electron chi connectivity index (χ3n) is 2.85. The van der Waals surface area contributed by atoms with Crippen LogP contribution >= 0.6 is 27.5 Å². The SMILES string of the molecule is Cc1cc(Cl)nc2c(Br)c(CCCCOC(F)F)oc12. The highest BCUT2D eigenvalue weighted by Gasteiger charge is 2.15. The number of fused-ring (bicyclic) bond motifs is 1. The van der Waals surface area contributed by atoms with Crippen LogP contribution in [0.25, 0.3) is 11.1 Å². The van der Waals surface area contributed by atoms with Gasteiger partial charge in [0.05, 0.1) is 11.1 Å². The van der Waals surface area contributed by atoms with Crippen molar-refractivity contribution in [2.75, 3.05) is 6.61 Å². The van der Waals surface area contributed by atoms with Crippen molar-refractivity contribution in [1.82, 2.24) is 4.98 Å². The number of ether oxygens (including phenoxy) is 1. The van der Waals surface area contributed by atoms with Gasteiger partial charge in [0.15, 0.2) is 5.58 Å². The molecule has 0 spiro atoms. The van der Waals surface area contributed by atoms with Crippen LogP contribution in [0, 0.1) is 6.92 Å². The van der Waals surface area contributed by atoms with E-state index in [0.29, 0.717) is 35.5 Å². The second kappa shape index (κ2) is 6.83. The lowest BCUT2D eigenvalue weighted by atomic mass is 10.2. The van der Waals surface area contributed by atoms with Crippen LogP contribution in [0.5, 0.6) is 0 Å². The Hall–Kier alpha value is -0.720. The smallest absolute Gasteiger partial charge is 0.345 e. The van der Waals surface area contributed by atoms with Gasteiger partial charge in [0, 0.05) is 6.42 Å². The Balaban J connectivity index is 2.04. The van der Waals surface area contributed by atoms with E-state index in [4.69, 9.17) is 16.0 Å². The van der Waals surface area contributed by atoms with Crippen molar-refractivity contribution in [3.05, 3.63) is 27.0 Å². The standard InChI is InChI=1S/C13H13BrClF2NO2/c1-7-6-9(15)18-11-10(14)8(20-12(7)11)4-2-3-5-19-13(16)17/h6,13H,2-5H2,1H3. The van der Waals surface area contributed by atoms with Gasteiger partial charge in [0.25, 0.3) is 0 Å². The van der Waals surface area contributed by atoms with Crippen LogP contribution in [-0.4, -0.2) is 18.2 Å². The van der Waals surface area contributed by atoms with Crippen molar-refractivity contribution >= 4 is 38.6 Å². The minimum atomic E-state index is -2.71. The van der Waals surface area contributed by atoms with Crippen LogP contribution in [0.4, 0.5) is 8.78 Å². The number of pyridine rings is 1. The minimum absolute atomic E-state index is 0.0403. The molecule has 0 unspecified atom stereocenters. The summed E-state index contributed by atoms with van der Waals surface area (Å²) in [5.41, 5.74) is 2.29. The van der Waals surface area contributed by atoms with E-state index in [1.807, 2.05) is 6.92 Å². The second-order valence-corrected chi connectivity index (χ2v) is 5.55. The lowest BCUT2D eigenvalue weighted by molar-refractivity contribution is -0.129. The van der Waals surface area contributed by atoms with Crippen LogP contribution in [0.3, 0.4) is 0 Å². The molecule has 2 aromatic heterocycles. The quantitative estimate of drug-likeness (QED) is 0.525. The second-order valence-electron chi connectivity index (χ2n) is 4.37. The zero-order chi connectivity index (χ0) is 14.7. The predicted molar refractivity (Wildman–Crippen MR) is 76.4 cm³/mol. The van der Waals surface area contributed by atoms with Gasteiger partial charge in [-0.25, -0.2) is 4.98 Å². The van der Waals surface area contributed by atoms with Crippen LogP contribution in [0.1, 0.15) is 24.2 Å². The number of aryl methyl sites for hydroxylation is 2. The Morgan fingerprint density at radius 1 is 1.45 bits per heavy atom. The number of nitrogens with zero attached hydrogens (tertiary/aromatic N) is 1. The Kier molecular flexibility index (Phi) is 5.35. The average Bonchev–Trinajstić information content (AvgIpc) is 2.67. The normalized spacial score (nSPS) is 11.7. The first-order valence-corrected chi connectivity index (χ1v) is 7.30. The molecule has 0 radical (unpaired) electrons. The summed E-state index contributed by atoms with van der Waals surface area (Å²) in [4.78, 5) is 4.23. The first kappa shape index (κ1) is 15.7. The molecule has 0 bridgehead atoms. The van der Waals surface area contributed by atoms with Crippen molar-refractivity contribution in [2.24, 2.45) is 0 Å². The number of furan rings is 1. The van der Waals surface area contributed by atoms with Crippen LogP contribution in [-0.2, 0) is 11.2 Å². The van der Waals surface area contributed by atoms with E-state index in [1.165, 1.54) is 0 Å². The molecule has 0 aliphatic rings. The van der Waals surface area contributed by atoms with Gasteiger partial charge in [0.1, 0.15) is 16.4 Å². The number of hydrogen-bond donors (Lipinski definition) is 0. The average molecular weight is 369 g/mol. The Bertz CT molecular complexity index is 604. The molecule has 0 aromatic carbocycles. The summed E-state index contributed by atoms with van der Waals surface area (Å²) in [6.07, 6.45) is 1.86. The number of aromatic nitrogens is 1. The van der Waals surface area contributed by atoms with E-state index in [2.05, 4.69) is 25.7 Å². The van der Waals surface area contributed by atoms with Gasteiger partial charge in [-0.05, 0) is 47.3 Å². The van der Waals surface area contributed by atoms with Gasteiger partial charge in [-0.2, -0.15) is 8.78 Å². The largest absolute Gasteiger partial charge is 0.458 e. The van der Waals surface area contributed by atoms with Crippen molar-refractivity contribution in [2.45, 2.75) is 32.8 Å². The highest BCUT2D eigenvalue weighted by atomic mass is 79.9. The maximum Gasteiger partial charge on any atom is 0.345 e. The lowest BCUT2D eigenvalue weighted by Gasteiger charge is -2.01. The molecule has 0 aliphatic heterocycles. The van der Waals surface area contributed by atoms with E-state index < -0.39 is 6.61 Å². The molecule has 0 N–H and O–H groups in total. The third-order valence-corrected chi connectivity index (χ3v) is 3.86. The first-order chi connectivity index (χ1) is 9.49. The van der Waals surface area contributed by atoms with E-state index in [0.717, 1.165) is 15.8 Å². The summed E-state index contributed by atoms with van der Waals surface area (Å²) in [6.45, 7) is -0.771.